The molecule has 1 amide bonds. The summed E-state index contributed by atoms with van der Waals surface area (Å²) in [5.74, 6) is 0.539. The van der Waals surface area contributed by atoms with Gasteiger partial charge in [0.25, 0.3) is 0 Å². The number of nitrogens with two attached hydrogens (primary N) is 1. The van der Waals surface area contributed by atoms with Crippen molar-refractivity contribution in [3.63, 3.8) is 0 Å². The predicted molar refractivity (Wildman–Crippen MR) is 67.0 cm³/mol. The Morgan fingerprint density at radius 2 is 2.06 bits per heavy atom. The summed E-state index contributed by atoms with van der Waals surface area (Å²) in [5, 5.41) is 3.14. The Kier molecular flexibility index (Phi) is 2.96. The molecule has 3 fully saturated rings. The Morgan fingerprint density at radius 1 is 1.41 bits per heavy atom. The fourth-order valence-electron chi connectivity index (χ4n) is 3.26. The average Bonchev–Trinajstić information content (AvgIpc) is 2.83. The van der Waals surface area contributed by atoms with Crippen LogP contribution in [0, 0.1) is 11.3 Å². The number of nitrogens with one attached hydrogen (secondary N) is 1. The summed E-state index contributed by atoms with van der Waals surface area (Å²) in [7, 11) is 0. The highest BCUT2D eigenvalue weighted by molar-refractivity contribution is 5.89. The standard InChI is InChI=1S/C12H20N2O2.ClH/c1-11(2)8(7-3-6-16-9(7)11)14-10(15)12(13)4-5-12;/h7-9H,3-6,13H2,1-2H3,(H,14,15);1H. The van der Waals surface area contributed by atoms with E-state index < -0.39 is 5.54 Å². The largest absolute Gasteiger partial charge is 0.377 e. The van der Waals surface area contributed by atoms with Crippen LogP contribution in [-0.4, -0.2) is 30.2 Å². The van der Waals surface area contributed by atoms with E-state index in [1.165, 1.54) is 0 Å². The highest BCUT2D eigenvalue weighted by atomic mass is 35.5. The number of hydrogen-bond donors (Lipinski definition) is 2. The van der Waals surface area contributed by atoms with Gasteiger partial charge < -0.3 is 15.8 Å². The van der Waals surface area contributed by atoms with E-state index in [1.54, 1.807) is 0 Å². The summed E-state index contributed by atoms with van der Waals surface area (Å²) in [5.41, 5.74) is 5.40. The van der Waals surface area contributed by atoms with Crippen molar-refractivity contribution in [2.45, 2.75) is 50.8 Å². The smallest absolute Gasteiger partial charge is 0.240 e. The van der Waals surface area contributed by atoms with Crippen molar-refractivity contribution in [3.8, 4) is 0 Å². The average molecular weight is 261 g/mol. The summed E-state index contributed by atoms with van der Waals surface area (Å²) in [4.78, 5) is 11.9. The van der Waals surface area contributed by atoms with Crippen LogP contribution in [0.3, 0.4) is 0 Å². The maximum Gasteiger partial charge on any atom is 0.240 e. The van der Waals surface area contributed by atoms with Gasteiger partial charge in [-0.3, -0.25) is 4.79 Å². The van der Waals surface area contributed by atoms with E-state index in [-0.39, 0.29) is 29.8 Å². The zero-order valence-corrected chi connectivity index (χ0v) is 11.2. The molecule has 1 aliphatic heterocycles. The number of fused-ring (bicyclic) bond motifs is 1. The van der Waals surface area contributed by atoms with Crippen molar-refractivity contribution in [2.24, 2.45) is 17.1 Å². The van der Waals surface area contributed by atoms with Crippen molar-refractivity contribution in [1.82, 2.24) is 5.32 Å². The molecule has 3 aliphatic rings. The molecular weight excluding hydrogens is 240 g/mol. The monoisotopic (exact) mass is 260 g/mol. The van der Waals surface area contributed by atoms with Crippen molar-refractivity contribution >= 4 is 18.3 Å². The van der Waals surface area contributed by atoms with E-state index in [0.29, 0.717) is 12.0 Å². The Morgan fingerprint density at radius 3 is 2.65 bits per heavy atom. The number of carbonyl (C=O) groups excluding carboxylic acids is 1. The van der Waals surface area contributed by atoms with Crippen LogP contribution in [-0.2, 0) is 9.53 Å². The van der Waals surface area contributed by atoms with Crippen LogP contribution in [0.15, 0.2) is 0 Å². The molecule has 3 N–H and O–H groups in total. The zero-order chi connectivity index (χ0) is 11.6. The van der Waals surface area contributed by atoms with Crippen molar-refractivity contribution in [2.75, 3.05) is 6.61 Å². The van der Waals surface area contributed by atoms with E-state index in [9.17, 15) is 4.79 Å². The molecule has 0 spiro atoms. The first kappa shape index (κ1) is 13.1. The molecule has 0 aromatic rings. The van der Waals surface area contributed by atoms with Gasteiger partial charge in [0.05, 0.1) is 11.6 Å². The highest BCUT2D eigenvalue weighted by Crippen LogP contribution is 2.52. The van der Waals surface area contributed by atoms with Gasteiger partial charge in [-0.05, 0) is 19.3 Å². The number of ether oxygens (including phenoxy) is 1. The van der Waals surface area contributed by atoms with Crippen molar-refractivity contribution in [1.29, 1.82) is 0 Å². The third-order valence-corrected chi connectivity index (χ3v) is 4.63. The molecule has 5 heteroatoms. The minimum Gasteiger partial charge on any atom is -0.377 e. The molecular formula is C12H21ClN2O2. The van der Waals surface area contributed by atoms with Crippen LogP contribution < -0.4 is 11.1 Å². The van der Waals surface area contributed by atoms with E-state index in [1.807, 2.05) is 0 Å². The van der Waals surface area contributed by atoms with E-state index in [4.69, 9.17) is 10.5 Å². The second-order valence-electron chi connectivity index (χ2n) is 6.17. The topological polar surface area (TPSA) is 64.4 Å². The predicted octanol–water partition coefficient (Wildman–Crippen LogP) is 0.829. The molecule has 0 aromatic carbocycles. The van der Waals surface area contributed by atoms with Gasteiger partial charge in [-0.2, -0.15) is 0 Å². The fourth-order valence-corrected chi connectivity index (χ4v) is 3.26. The summed E-state index contributed by atoms with van der Waals surface area (Å²) in [6.07, 6.45) is 3.05. The molecule has 3 rings (SSSR count). The Labute approximate surface area is 108 Å². The van der Waals surface area contributed by atoms with Crippen LogP contribution in [0.2, 0.25) is 0 Å². The lowest BCUT2D eigenvalue weighted by molar-refractivity contribution is -0.139. The third kappa shape index (κ3) is 1.77. The highest BCUT2D eigenvalue weighted by Gasteiger charge is 2.61. The lowest BCUT2D eigenvalue weighted by atomic mass is 9.57. The number of halogens is 1. The second kappa shape index (κ2) is 3.84. The van der Waals surface area contributed by atoms with Gasteiger partial charge in [0, 0.05) is 24.0 Å². The van der Waals surface area contributed by atoms with Crippen LogP contribution in [0.1, 0.15) is 33.1 Å². The van der Waals surface area contributed by atoms with Gasteiger partial charge in [-0.15, -0.1) is 12.4 Å². The zero-order valence-electron chi connectivity index (χ0n) is 10.4. The SMILES string of the molecule is CC1(C)C(NC(=O)C2(N)CC2)C2CCOC21.Cl. The van der Waals surface area contributed by atoms with Crippen molar-refractivity contribution in [3.05, 3.63) is 0 Å². The van der Waals surface area contributed by atoms with Crippen molar-refractivity contribution < 1.29 is 9.53 Å². The van der Waals surface area contributed by atoms with Crippen LogP contribution in [0.4, 0.5) is 0 Å². The molecule has 1 saturated heterocycles. The second-order valence-corrected chi connectivity index (χ2v) is 6.17. The molecule has 3 atom stereocenters. The van der Waals surface area contributed by atoms with Gasteiger partial charge in [0.15, 0.2) is 0 Å². The molecule has 1 heterocycles. The van der Waals surface area contributed by atoms with Gasteiger partial charge >= 0.3 is 0 Å². The molecule has 3 unspecified atom stereocenters. The van der Waals surface area contributed by atoms with E-state index >= 15 is 0 Å². The Hall–Kier alpha value is -0.320. The maximum absolute atomic E-state index is 11.9. The molecule has 98 valence electrons. The summed E-state index contributed by atoms with van der Waals surface area (Å²) < 4.78 is 5.70. The lowest BCUT2D eigenvalue weighted by Gasteiger charge is -2.54. The maximum atomic E-state index is 11.9. The number of carbonyl (C=O) groups is 1. The van der Waals surface area contributed by atoms with Gasteiger partial charge in [-0.25, -0.2) is 0 Å². The molecule has 0 radical (unpaired) electrons. The van der Waals surface area contributed by atoms with E-state index in [2.05, 4.69) is 19.2 Å². The number of rotatable bonds is 2. The Bertz CT molecular complexity index is 341. The van der Waals surface area contributed by atoms with Gasteiger partial charge in [-0.1, -0.05) is 13.8 Å². The van der Waals surface area contributed by atoms with Crippen LogP contribution >= 0.6 is 12.4 Å². The summed E-state index contributed by atoms with van der Waals surface area (Å²) >= 11 is 0. The van der Waals surface area contributed by atoms with Crippen LogP contribution in [0.25, 0.3) is 0 Å². The first-order chi connectivity index (χ1) is 7.45. The quantitative estimate of drug-likeness (QED) is 0.773. The Balaban J connectivity index is 0.00000108. The number of hydrogen-bond acceptors (Lipinski definition) is 3. The minimum absolute atomic E-state index is 0. The normalized spacial score (nSPS) is 39.6. The first-order valence-electron chi connectivity index (χ1n) is 6.17. The molecule has 4 nitrogen and oxygen atoms in total. The molecule has 0 aromatic heterocycles. The lowest BCUT2D eigenvalue weighted by Crippen LogP contribution is -2.68. The van der Waals surface area contributed by atoms with Gasteiger partial charge in [0.2, 0.25) is 5.91 Å². The van der Waals surface area contributed by atoms with E-state index in [0.717, 1.165) is 25.9 Å². The molecule has 2 saturated carbocycles. The number of amides is 1. The minimum atomic E-state index is -0.555. The molecule has 17 heavy (non-hydrogen) atoms. The molecule has 0 bridgehead atoms. The fraction of sp³-hybridized carbons (Fsp3) is 0.917. The van der Waals surface area contributed by atoms with Crippen LogP contribution in [0.5, 0.6) is 0 Å². The summed E-state index contributed by atoms with van der Waals surface area (Å²) in [6.45, 7) is 5.17. The third-order valence-electron chi connectivity index (χ3n) is 4.63. The molecule has 2 aliphatic carbocycles. The summed E-state index contributed by atoms with van der Waals surface area (Å²) in [6, 6.07) is 0.244. The van der Waals surface area contributed by atoms with Gasteiger partial charge in [0.1, 0.15) is 0 Å². The first-order valence-corrected chi connectivity index (χ1v) is 6.17.